The number of hydrogen-bond donors (Lipinski definition) is 1. The lowest BCUT2D eigenvalue weighted by molar-refractivity contribution is -0.138. The van der Waals surface area contributed by atoms with Crippen molar-refractivity contribution in [3.63, 3.8) is 0 Å². The minimum atomic E-state index is -0.385. The van der Waals surface area contributed by atoms with Gasteiger partial charge in [-0.2, -0.15) is 0 Å². The molecule has 1 aromatic carbocycles. The maximum Gasteiger partial charge on any atom is 0.277 e. The zero-order valence-corrected chi connectivity index (χ0v) is 11.9. The van der Waals surface area contributed by atoms with Gasteiger partial charge in [0, 0.05) is 17.8 Å². The van der Waals surface area contributed by atoms with E-state index in [0.29, 0.717) is 17.2 Å². The highest BCUT2D eigenvalue weighted by Gasteiger charge is 2.31. The topological polar surface area (TPSA) is 71.8 Å². The Morgan fingerprint density at radius 3 is 2.82 bits per heavy atom. The lowest BCUT2D eigenvalue weighted by Crippen LogP contribution is -2.31. The molecule has 1 aliphatic heterocycles. The molecule has 0 spiro atoms. The van der Waals surface area contributed by atoms with Crippen LogP contribution in [0.15, 0.2) is 58.9 Å². The molecule has 0 saturated carbocycles. The molecule has 0 unspecified atom stereocenters. The highest BCUT2D eigenvalue weighted by molar-refractivity contribution is 6.17. The summed E-state index contributed by atoms with van der Waals surface area (Å²) in [6.45, 7) is 0.116. The molecule has 1 N–H and O–H groups in total. The molecule has 1 aromatic heterocycles. The molecular weight excluding hydrogens is 284 g/mol. The Labute approximate surface area is 127 Å². The average Bonchev–Trinajstić information content (AvgIpc) is 3.12. The van der Waals surface area contributed by atoms with Gasteiger partial charge in [0.25, 0.3) is 11.8 Å². The lowest BCUT2D eigenvalue weighted by atomic mass is 10.3. The first-order valence-corrected chi connectivity index (χ1v) is 6.68. The van der Waals surface area contributed by atoms with Crippen molar-refractivity contribution in [3.8, 4) is 5.75 Å². The number of hydrogen-bond acceptors (Lipinski definition) is 5. The van der Waals surface area contributed by atoms with Crippen molar-refractivity contribution >= 4 is 17.5 Å². The summed E-state index contributed by atoms with van der Waals surface area (Å²) in [6, 6.07) is 10.6. The molecule has 2 aromatic rings. The zero-order chi connectivity index (χ0) is 15.5. The van der Waals surface area contributed by atoms with Gasteiger partial charge < -0.3 is 14.5 Å². The number of furan rings is 1. The molecule has 0 fully saturated rings. The van der Waals surface area contributed by atoms with E-state index in [-0.39, 0.29) is 24.1 Å². The highest BCUT2D eigenvalue weighted by Crippen LogP contribution is 2.22. The first-order chi connectivity index (χ1) is 10.7. The minimum Gasteiger partial charge on any atom is -0.497 e. The number of rotatable bonds is 5. The number of anilines is 1. The Kier molecular flexibility index (Phi) is 3.65. The lowest BCUT2D eigenvalue weighted by Gasteiger charge is -2.13. The van der Waals surface area contributed by atoms with Crippen LogP contribution >= 0.6 is 0 Å². The molecule has 22 heavy (non-hydrogen) atoms. The number of methoxy groups -OCH3 is 1. The smallest absolute Gasteiger partial charge is 0.277 e. The maximum absolute atomic E-state index is 12.3. The van der Waals surface area contributed by atoms with Crippen LogP contribution in [0.1, 0.15) is 5.76 Å². The fourth-order valence-electron chi connectivity index (χ4n) is 2.16. The third kappa shape index (κ3) is 2.71. The average molecular weight is 298 g/mol. The Bertz CT molecular complexity index is 734. The van der Waals surface area contributed by atoms with Crippen LogP contribution in [0.5, 0.6) is 5.75 Å². The molecule has 3 rings (SSSR count). The predicted octanol–water partition coefficient (Wildman–Crippen LogP) is 2.15. The van der Waals surface area contributed by atoms with Gasteiger partial charge in [-0.05, 0) is 24.3 Å². The molecule has 112 valence electrons. The first kappa shape index (κ1) is 13.9. The minimum absolute atomic E-state index is 0.116. The van der Waals surface area contributed by atoms with E-state index in [9.17, 15) is 9.59 Å². The van der Waals surface area contributed by atoms with Gasteiger partial charge in [-0.25, -0.2) is 0 Å². The second-order valence-electron chi connectivity index (χ2n) is 4.72. The molecular formula is C16H14N2O4. The van der Waals surface area contributed by atoms with Gasteiger partial charge in [0.15, 0.2) is 0 Å². The predicted molar refractivity (Wildman–Crippen MR) is 79.0 cm³/mol. The molecule has 0 aliphatic carbocycles. The summed E-state index contributed by atoms with van der Waals surface area (Å²) in [6.07, 6.45) is 2.79. The van der Waals surface area contributed by atoms with Crippen LogP contribution in [-0.4, -0.2) is 23.8 Å². The van der Waals surface area contributed by atoms with Gasteiger partial charge in [0.05, 0.1) is 19.9 Å². The van der Waals surface area contributed by atoms with Crippen molar-refractivity contribution in [2.24, 2.45) is 0 Å². The SMILES string of the molecule is COc1cccc(NC2=CC(=O)N(Cc3ccco3)C2=O)c1. The van der Waals surface area contributed by atoms with Crippen LogP contribution in [0.3, 0.4) is 0 Å². The van der Waals surface area contributed by atoms with Crippen LogP contribution in [0.25, 0.3) is 0 Å². The monoisotopic (exact) mass is 298 g/mol. The second-order valence-corrected chi connectivity index (χ2v) is 4.72. The third-order valence-electron chi connectivity index (χ3n) is 3.25. The Morgan fingerprint density at radius 2 is 2.09 bits per heavy atom. The van der Waals surface area contributed by atoms with Crippen molar-refractivity contribution < 1.29 is 18.7 Å². The molecule has 2 amide bonds. The Morgan fingerprint density at radius 1 is 1.23 bits per heavy atom. The molecule has 0 atom stereocenters. The van der Waals surface area contributed by atoms with E-state index in [1.807, 2.05) is 0 Å². The fourth-order valence-corrected chi connectivity index (χ4v) is 2.16. The van der Waals surface area contributed by atoms with Crippen LogP contribution in [0.4, 0.5) is 5.69 Å². The molecule has 0 bridgehead atoms. The van der Waals surface area contributed by atoms with Crippen molar-refractivity contribution in [2.75, 3.05) is 12.4 Å². The van der Waals surface area contributed by atoms with Crippen molar-refractivity contribution in [2.45, 2.75) is 6.54 Å². The van der Waals surface area contributed by atoms with E-state index < -0.39 is 0 Å². The van der Waals surface area contributed by atoms with Gasteiger partial charge in [-0.1, -0.05) is 6.07 Å². The van der Waals surface area contributed by atoms with E-state index in [1.54, 1.807) is 43.5 Å². The highest BCUT2D eigenvalue weighted by atomic mass is 16.5. The van der Waals surface area contributed by atoms with E-state index in [4.69, 9.17) is 9.15 Å². The Hall–Kier alpha value is -3.02. The van der Waals surface area contributed by atoms with E-state index >= 15 is 0 Å². The van der Waals surface area contributed by atoms with E-state index in [1.165, 1.54) is 12.3 Å². The number of imide groups is 1. The summed E-state index contributed by atoms with van der Waals surface area (Å²) >= 11 is 0. The van der Waals surface area contributed by atoms with Crippen LogP contribution in [-0.2, 0) is 16.1 Å². The van der Waals surface area contributed by atoms with Crippen LogP contribution < -0.4 is 10.1 Å². The molecule has 6 nitrogen and oxygen atoms in total. The molecule has 2 heterocycles. The van der Waals surface area contributed by atoms with E-state index in [2.05, 4.69) is 5.32 Å². The largest absolute Gasteiger partial charge is 0.497 e. The number of nitrogens with zero attached hydrogens (tertiary/aromatic N) is 1. The van der Waals surface area contributed by atoms with Gasteiger partial charge in [0.2, 0.25) is 0 Å². The number of carbonyl (C=O) groups is 2. The normalized spacial score (nSPS) is 14.2. The summed E-state index contributed by atoms with van der Waals surface area (Å²) in [5, 5.41) is 2.94. The van der Waals surface area contributed by atoms with Crippen LogP contribution in [0, 0.1) is 0 Å². The summed E-state index contributed by atoms with van der Waals surface area (Å²) in [4.78, 5) is 25.4. The van der Waals surface area contributed by atoms with Crippen molar-refractivity contribution in [3.05, 3.63) is 60.2 Å². The Balaban J connectivity index is 1.73. The molecule has 1 aliphatic rings. The van der Waals surface area contributed by atoms with Crippen molar-refractivity contribution in [1.29, 1.82) is 0 Å². The zero-order valence-electron chi connectivity index (χ0n) is 11.9. The second kappa shape index (κ2) is 5.77. The molecule has 6 heteroatoms. The maximum atomic E-state index is 12.3. The quantitative estimate of drug-likeness (QED) is 0.856. The summed E-state index contributed by atoms with van der Waals surface area (Å²) < 4.78 is 10.3. The van der Waals surface area contributed by atoms with E-state index in [0.717, 1.165) is 4.90 Å². The van der Waals surface area contributed by atoms with Gasteiger partial charge >= 0.3 is 0 Å². The molecule has 0 radical (unpaired) electrons. The summed E-state index contributed by atoms with van der Waals surface area (Å²) in [7, 11) is 1.56. The number of carbonyl (C=O) groups excluding carboxylic acids is 2. The first-order valence-electron chi connectivity index (χ1n) is 6.68. The molecule has 0 saturated heterocycles. The number of ether oxygens (including phenoxy) is 1. The standard InChI is InChI=1S/C16H14N2O4/c1-21-12-5-2-4-11(8-12)17-14-9-15(19)18(16(14)20)10-13-6-3-7-22-13/h2-9,17H,10H2,1H3. The number of nitrogens with one attached hydrogen (secondary N) is 1. The summed E-state index contributed by atoms with van der Waals surface area (Å²) in [5.74, 6) is 0.462. The van der Waals surface area contributed by atoms with Gasteiger partial charge in [-0.3, -0.25) is 14.5 Å². The van der Waals surface area contributed by atoms with Crippen molar-refractivity contribution in [1.82, 2.24) is 4.90 Å². The fraction of sp³-hybridized carbons (Fsp3) is 0.125. The van der Waals surface area contributed by atoms with Gasteiger partial charge in [0.1, 0.15) is 17.2 Å². The summed E-state index contributed by atoms with van der Waals surface area (Å²) in [5.41, 5.74) is 0.899. The number of benzene rings is 1. The van der Waals surface area contributed by atoms with Gasteiger partial charge in [-0.15, -0.1) is 0 Å². The third-order valence-corrected chi connectivity index (χ3v) is 3.25. The van der Waals surface area contributed by atoms with Crippen LogP contribution in [0.2, 0.25) is 0 Å². The number of amides is 2.